The first-order valence-electron chi connectivity index (χ1n) is 8.87. The van der Waals surface area contributed by atoms with E-state index in [1.54, 1.807) is 0 Å². The van der Waals surface area contributed by atoms with Gasteiger partial charge in [-0.3, -0.25) is 4.79 Å². The average Bonchev–Trinajstić information content (AvgIpc) is 3.16. The van der Waals surface area contributed by atoms with Gasteiger partial charge in [-0.2, -0.15) is 0 Å². The van der Waals surface area contributed by atoms with E-state index in [4.69, 9.17) is 9.47 Å². The van der Waals surface area contributed by atoms with Crippen LogP contribution in [0.5, 0.6) is 11.5 Å². The standard InChI is InChI=1S/C19H27NO3/c1-2-22-17-5-7-18(8-6-17)23-10-9-20-19(21)13-16-12-14-3-4-15(16)11-14/h5-8,14-16H,2-4,9-13H2,1H3,(H,20,21)/t14-,15-,16+/m1/s1. The fraction of sp³-hybridized carbons (Fsp3) is 0.632. The first kappa shape index (κ1) is 16.2. The molecule has 1 aromatic carbocycles. The Kier molecular flexibility index (Phi) is 5.42. The SMILES string of the molecule is CCOc1ccc(OCCNC(=O)C[C@@H]2C[C@@H]3CC[C@@H]2C3)cc1. The molecule has 0 radical (unpaired) electrons. The van der Waals surface area contributed by atoms with Gasteiger partial charge in [-0.25, -0.2) is 0 Å². The van der Waals surface area contributed by atoms with E-state index in [1.807, 2.05) is 31.2 Å². The van der Waals surface area contributed by atoms with Crippen LogP contribution in [0.2, 0.25) is 0 Å². The molecule has 0 saturated heterocycles. The molecule has 0 aromatic heterocycles. The highest BCUT2D eigenvalue weighted by atomic mass is 16.5. The second-order valence-corrected chi connectivity index (χ2v) is 6.74. The minimum atomic E-state index is 0.179. The van der Waals surface area contributed by atoms with Crippen LogP contribution in [0, 0.1) is 17.8 Å². The van der Waals surface area contributed by atoms with Crippen LogP contribution in [-0.2, 0) is 4.79 Å². The number of rotatable bonds is 8. The lowest BCUT2D eigenvalue weighted by Crippen LogP contribution is -2.30. The highest BCUT2D eigenvalue weighted by Crippen LogP contribution is 2.49. The molecule has 126 valence electrons. The molecule has 3 atom stereocenters. The summed E-state index contributed by atoms with van der Waals surface area (Å²) in [4.78, 5) is 12.0. The zero-order valence-corrected chi connectivity index (χ0v) is 13.9. The van der Waals surface area contributed by atoms with Gasteiger partial charge in [0.1, 0.15) is 18.1 Å². The zero-order chi connectivity index (χ0) is 16.1. The molecule has 0 unspecified atom stereocenters. The van der Waals surface area contributed by atoms with Gasteiger partial charge in [-0.05, 0) is 68.2 Å². The molecular formula is C19H27NO3. The molecule has 1 aromatic rings. The molecule has 0 spiro atoms. The number of benzene rings is 1. The lowest BCUT2D eigenvalue weighted by molar-refractivity contribution is -0.122. The van der Waals surface area contributed by atoms with Crippen LogP contribution in [0.15, 0.2) is 24.3 Å². The summed E-state index contributed by atoms with van der Waals surface area (Å²) in [5, 5.41) is 2.98. The summed E-state index contributed by atoms with van der Waals surface area (Å²) in [7, 11) is 0. The lowest BCUT2D eigenvalue weighted by atomic mass is 9.86. The summed E-state index contributed by atoms with van der Waals surface area (Å²) in [6, 6.07) is 7.57. The number of amides is 1. The first-order chi connectivity index (χ1) is 11.2. The molecule has 1 amide bonds. The molecule has 1 N–H and O–H groups in total. The van der Waals surface area contributed by atoms with Gasteiger partial charge in [0.2, 0.25) is 5.91 Å². The normalized spacial score (nSPS) is 25.3. The summed E-state index contributed by atoms with van der Waals surface area (Å²) in [5.74, 6) is 4.17. The molecule has 4 nitrogen and oxygen atoms in total. The largest absolute Gasteiger partial charge is 0.494 e. The molecule has 23 heavy (non-hydrogen) atoms. The molecule has 4 heteroatoms. The Morgan fingerprint density at radius 1 is 1.13 bits per heavy atom. The van der Waals surface area contributed by atoms with Crippen LogP contribution in [0.3, 0.4) is 0 Å². The maximum absolute atomic E-state index is 12.0. The van der Waals surface area contributed by atoms with Crippen molar-refractivity contribution < 1.29 is 14.3 Å². The van der Waals surface area contributed by atoms with Crippen molar-refractivity contribution in [2.45, 2.75) is 39.0 Å². The minimum absolute atomic E-state index is 0.179. The summed E-state index contributed by atoms with van der Waals surface area (Å²) in [5.41, 5.74) is 0. The first-order valence-corrected chi connectivity index (χ1v) is 8.87. The third kappa shape index (κ3) is 4.40. The molecular weight excluding hydrogens is 290 g/mol. The van der Waals surface area contributed by atoms with Crippen LogP contribution < -0.4 is 14.8 Å². The van der Waals surface area contributed by atoms with Crippen molar-refractivity contribution in [3.05, 3.63) is 24.3 Å². The summed E-state index contributed by atoms with van der Waals surface area (Å²) >= 11 is 0. The maximum Gasteiger partial charge on any atom is 0.220 e. The van der Waals surface area contributed by atoms with Gasteiger partial charge in [0.05, 0.1) is 13.2 Å². The highest BCUT2D eigenvalue weighted by molar-refractivity contribution is 5.76. The van der Waals surface area contributed by atoms with Gasteiger partial charge in [-0.15, -0.1) is 0 Å². The van der Waals surface area contributed by atoms with Crippen molar-refractivity contribution in [2.24, 2.45) is 17.8 Å². The van der Waals surface area contributed by atoms with Gasteiger partial charge < -0.3 is 14.8 Å². The molecule has 2 aliphatic rings. The van der Waals surface area contributed by atoms with Crippen molar-refractivity contribution in [1.82, 2.24) is 5.32 Å². The topological polar surface area (TPSA) is 47.6 Å². The molecule has 0 aliphatic heterocycles. The Morgan fingerprint density at radius 3 is 2.48 bits per heavy atom. The molecule has 3 rings (SSSR count). The fourth-order valence-corrected chi connectivity index (χ4v) is 4.09. The van der Waals surface area contributed by atoms with Gasteiger partial charge in [0.15, 0.2) is 0 Å². The van der Waals surface area contributed by atoms with E-state index < -0.39 is 0 Å². The number of hydrogen-bond acceptors (Lipinski definition) is 3. The smallest absolute Gasteiger partial charge is 0.220 e. The van der Waals surface area contributed by atoms with Crippen LogP contribution in [0.1, 0.15) is 39.0 Å². The van der Waals surface area contributed by atoms with Gasteiger partial charge in [0.25, 0.3) is 0 Å². The molecule has 2 bridgehead atoms. The third-order valence-corrected chi connectivity index (χ3v) is 5.16. The van der Waals surface area contributed by atoms with E-state index in [0.29, 0.717) is 32.1 Å². The second-order valence-electron chi connectivity index (χ2n) is 6.74. The van der Waals surface area contributed by atoms with Gasteiger partial charge in [0, 0.05) is 6.42 Å². The average molecular weight is 317 g/mol. The summed E-state index contributed by atoms with van der Waals surface area (Å²) in [6.45, 7) is 3.68. The number of fused-ring (bicyclic) bond motifs is 2. The van der Waals surface area contributed by atoms with E-state index in [9.17, 15) is 4.79 Å². The molecule has 0 heterocycles. The van der Waals surface area contributed by atoms with E-state index in [-0.39, 0.29) is 5.91 Å². The van der Waals surface area contributed by atoms with E-state index in [0.717, 1.165) is 23.3 Å². The van der Waals surface area contributed by atoms with Crippen molar-refractivity contribution in [3.8, 4) is 11.5 Å². The number of carbonyl (C=O) groups excluding carboxylic acids is 1. The number of ether oxygens (including phenoxy) is 2. The molecule has 2 saturated carbocycles. The quantitative estimate of drug-likeness (QED) is 0.748. The van der Waals surface area contributed by atoms with Crippen molar-refractivity contribution in [1.29, 1.82) is 0 Å². The predicted molar refractivity (Wildman–Crippen MR) is 89.7 cm³/mol. The Hall–Kier alpha value is -1.71. The Balaban J connectivity index is 1.31. The monoisotopic (exact) mass is 317 g/mol. The Bertz CT molecular complexity index is 514. The van der Waals surface area contributed by atoms with Crippen LogP contribution >= 0.6 is 0 Å². The third-order valence-electron chi connectivity index (χ3n) is 5.16. The van der Waals surface area contributed by atoms with E-state index >= 15 is 0 Å². The highest BCUT2D eigenvalue weighted by Gasteiger charge is 2.39. The molecule has 2 fully saturated rings. The number of hydrogen-bond donors (Lipinski definition) is 1. The summed E-state index contributed by atoms with van der Waals surface area (Å²) in [6.07, 6.45) is 6.05. The van der Waals surface area contributed by atoms with Crippen LogP contribution in [0.4, 0.5) is 0 Å². The lowest BCUT2D eigenvalue weighted by Gasteiger charge is -2.20. The second kappa shape index (κ2) is 7.71. The van der Waals surface area contributed by atoms with Crippen molar-refractivity contribution in [3.63, 3.8) is 0 Å². The van der Waals surface area contributed by atoms with E-state index in [1.165, 1.54) is 25.7 Å². The molecule has 2 aliphatic carbocycles. The van der Waals surface area contributed by atoms with E-state index in [2.05, 4.69) is 5.32 Å². The van der Waals surface area contributed by atoms with Gasteiger partial charge >= 0.3 is 0 Å². The van der Waals surface area contributed by atoms with Crippen molar-refractivity contribution in [2.75, 3.05) is 19.8 Å². The van der Waals surface area contributed by atoms with Crippen LogP contribution in [0.25, 0.3) is 0 Å². The maximum atomic E-state index is 12.0. The Labute approximate surface area is 138 Å². The summed E-state index contributed by atoms with van der Waals surface area (Å²) < 4.78 is 11.0. The van der Waals surface area contributed by atoms with Crippen molar-refractivity contribution >= 4 is 5.91 Å². The Morgan fingerprint density at radius 2 is 1.87 bits per heavy atom. The van der Waals surface area contributed by atoms with Gasteiger partial charge in [-0.1, -0.05) is 6.42 Å². The number of carbonyl (C=O) groups is 1. The fourth-order valence-electron chi connectivity index (χ4n) is 4.09. The zero-order valence-electron chi connectivity index (χ0n) is 13.9. The minimum Gasteiger partial charge on any atom is -0.494 e. The number of nitrogens with one attached hydrogen (secondary N) is 1. The predicted octanol–water partition coefficient (Wildman–Crippen LogP) is 3.41. The van der Waals surface area contributed by atoms with Crippen LogP contribution in [-0.4, -0.2) is 25.7 Å².